The van der Waals surface area contributed by atoms with Gasteiger partial charge >= 0.3 is 12.0 Å². The largest absolute Gasteiger partial charge is 0.462 e. The number of benzene rings is 2. The third kappa shape index (κ3) is 5.08. The van der Waals surface area contributed by atoms with Crippen LogP contribution in [0.2, 0.25) is 0 Å². The fourth-order valence-electron chi connectivity index (χ4n) is 2.32. The first-order valence-electron chi connectivity index (χ1n) is 8.26. The molecule has 0 bridgehead atoms. The molecule has 0 saturated carbocycles. The second kappa shape index (κ2) is 7.83. The number of ether oxygens (including phenoxy) is 1. The Morgan fingerprint density at radius 2 is 1.60 bits per heavy atom. The van der Waals surface area contributed by atoms with E-state index in [1.807, 2.05) is 24.3 Å². The Morgan fingerprint density at radius 1 is 0.960 bits per heavy atom. The molecule has 25 heavy (non-hydrogen) atoms. The molecule has 2 amide bonds. The molecular formula is C20H24N2O3. The number of hydrogen-bond donors (Lipinski definition) is 2. The van der Waals surface area contributed by atoms with Crippen molar-refractivity contribution in [2.45, 2.75) is 33.1 Å². The number of nitrogens with one attached hydrogen (secondary N) is 2. The molecule has 2 N–H and O–H groups in total. The van der Waals surface area contributed by atoms with Gasteiger partial charge in [0.2, 0.25) is 0 Å². The fourth-order valence-corrected chi connectivity index (χ4v) is 2.32. The first-order valence-corrected chi connectivity index (χ1v) is 8.26. The van der Waals surface area contributed by atoms with Crippen molar-refractivity contribution in [1.82, 2.24) is 0 Å². The van der Waals surface area contributed by atoms with Crippen molar-refractivity contribution in [3.05, 3.63) is 59.7 Å². The molecule has 5 nitrogen and oxygen atoms in total. The van der Waals surface area contributed by atoms with E-state index in [4.69, 9.17) is 4.74 Å². The van der Waals surface area contributed by atoms with Crippen LogP contribution in [0.25, 0.3) is 0 Å². The summed E-state index contributed by atoms with van der Waals surface area (Å²) in [5.41, 5.74) is 2.65. The molecular weight excluding hydrogens is 316 g/mol. The summed E-state index contributed by atoms with van der Waals surface area (Å²) in [6.45, 7) is 8.42. The summed E-state index contributed by atoms with van der Waals surface area (Å²) in [4.78, 5) is 24.2. The van der Waals surface area contributed by atoms with Gasteiger partial charge in [0, 0.05) is 5.69 Å². The quantitative estimate of drug-likeness (QED) is 0.785. The van der Waals surface area contributed by atoms with E-state index in [1.54, 1.807) is 31.2 Å². The smallest absolute Gasteiger partial charge is 0.340 e. The van der Waals surface area contributed by atoms with Crippen LogP contribution in [0.5, 0.6) is 0 Å². The van der Waals surface area contributed by atoms with E-state index in [-0.39, 0.29) is 12.0 Å². The maximum atomic E-state index is 12.2. The minimum atomic E-state index is -0.465. The van der Waals surface area contributed by atoms with E-state index in [1.165, 1.54) is 5.56 Å². The Morgan fingerprint density at radius 3 is 2.20 bits per heavy atom. The van der Waals surface area contributed by atoms with Crippen LogP contribution >= 0.6 is 0 Å². The molecule has 0 aliphatic heterocycles. The zero-order chi connectivity index (χ0) is 18.4. The van der Waals surface area contributed by atoms with Gasteiger partial charge in [0.1, 0.15) is 0 Å². The summed E-state index contributed by atoms with van der Waals surface area (Å²) in [6, 6.07) is 14.0. The highest BCUT2D eigenvalue weighted by Gasteiger charge is 2.15. The van der Waals surface area contributed by atoms with Gasteiger partial charge in [0.05, 0.1) is 17.9 Å². The van der Waals surface area contributed by atoms with Crippen molar-refractivity contribution in [2.24, 2.45) is 0 Å². The minimum absolute atomic E-state index is 0.0549. The molecule has 5 heteroatoms. The number of carbonyl (C=O) groups excluding carboxylic acids is 2. The Kier molecular flexibility index (Phi) is 5.80. The zero-order valence-electron chi connectivity index (χ0n) is 15.1. The van der Waals surface area contributed by atoms with Crippen molar-refractivity contribution < 1.29 is 14.3 Å². The number of rotatable bonds is 4. The van der Waals surface area contributed by atoms with Crippen LogP contribution in [-0.4, -0.2) is 18.6 Å². The van der Waals surface area contributed by atoms with E-state index in [9.17, 15) is 9.59 Å². The van der Waals surface area contributed by atoms with E-state index < -0.39 is 12.0 Å². The van der Waals surface area contributed by atoms with Gasteiger partial charge in [-0.1, -0.05) is 45.0 Å². The molecule has 0 spiro atoms. The minimum Gasteiger partial charge on any atom is -0.462 e. The normalized spacial score (nSPS) is 10.9. The Hall–Kier alpha value is -2.82. The predicted octanol–water partition coefficient (Wildman–Crippen LogP) is 4.80. The first kappa shape index (κ1) is 18.5. The Balaban J connectivity index is 2.07. The number of anilines is 2. The molecule has 0 radical (unpaired) electrons. The summed E-state index contributed by atoms with van der Waals surface area (Å²) < 4.78 is 5.00. The maximum Gasteiger partial charge on any atom is 0.340 e. The van der Waals surface area contributed by atoms with Gasteiger partial charge < -0.3 is 15.4 Å². The molecule has 0 unspecified atom stereocenters. The fraction of sp³-hybridized carbons (Fsp3) is 0.300. The van der Waals surface area contributed by atoms with E-state index >= 15 is 0 Å². The summed E-state index contributed by atoms with van der Waals surface area (Å²) >= 11 is 0. The number of urea groups is 1. The SMILES string of the molecule is CCOC(=O)c1ccccc1NC(=O)Nc1ccc(C(C)(C)C)cc1. The molecule has 2 aromatic carbocycles. The number of carbonyl (C=O) groups is 2. The van der Waals surface area contributed by atoms with Gasteiger partial charge in [-0.2, -0.15) is 0 Å². The Labute approximate surface area is 148 Å². The van der Waals surface area contributed by atoms with Crippen molar-refractivity contribution in [2.75, 3.05) is 17.2 Å². The molecule has 132 valence electrons. The van der Waals surface area contributed by atoms with Crippen LogP contribution in [0.1, 0.15) is 43.6 Å². The highest BCUT2D eigenvalue weighted by Crippen LogP contribution is 2.23. The molecule has 0 aliphatic rings. The number of hydrogen-bond acceptors (Lipinski definition) is 3. The number of esters is 1. The van der Waals surface area contributed by atoms with Gasteiger partial charge in [-0.15, -0.1) is 0 Å². The highest BCUT2D eigenvalue weighted by atomic mass is 16.5. The van der Waals surface area contributed by atoms with Crippen LogP contribution in [0.4, 0.5) is 16.2 Å². The van der Waals surface area contributed by atoms with Crippen molar-refractivity contribution >= 4 is 23.4 Å². The lowest BCUT2D eigenvalue weighted by Crippen LogP contribution is -2.21. The topological polar surface area (TPSA) is 67.4 Å². The summed E-state index contributed by atoms with van der Waals surface area (Å²) in [5, 5.41) is 5.46. The summed E-state index contributed by atoms with van der Waals surface area (Å²) in [7, 11) is 0. The van der Waals surface area contributed by atoms with Crippen LogP contribution in [0.3, 0.4) is 0 Å². The second-order valence-corrected chi connectivity index (χ2v) is 6.67. The predicted molar refractivity (Wildman–Crippen MR) is 100 cm³/mol. The average Bonchev–Trinajstić information content (AvgIpc) is 2.55. The molecule has 0 aromatic heterocycles. The van der Waals surface area contributed by atoms with Gasteiger partial charge in [0.15, 0.2) is 0 Å². The second-order valence-electron chi connectivity index (χ2n) is 6.67. The lowest BCUT2D eigenvalue weighted by Gasteiger charge is -2.19. The van der Waals surface area contributed by atoms with Gasteiger partial charge in [0.25, 0.3) is 0 Å². The van der Waals surface area contributed by atoms with Crippen molar-refractivity contribution in [3.8, 4) is 0 Å². The lowest BCUT2D eigenvalue weighted by molar-refractivity contribution is 0.0527. The van der Waals surface area contributed by atoms with Crippen LogP contribution in [-0.2, 0) is 10.2 Å². The van der Waals surface area contributed by atoms with Crippen molar-refractivity contribution in [3.63, 3.8) is 0 Å². The monoisotopic (exact) mass is 340 g/mol. The van der Waals surface area contributed by atoms with Gasteiger partial charge in [-0.3, -0.25) is 0 Å². The molecule has 0 fully saturated rings. The van der Waals surface area contributed by atoms with E-state index in [2.05, 4.69) is 31.4 Å². The number of amides is 2. The molecule has 0 aliphatic carbocycles. The molecule has 0 heterocycles. The first-order chi connectivity index (χ1) is 11.8. The highest BCUT2D eigenvalue weighted by molar-refractivity contribution is 6.05. The summed E-state index contributed by atoms with van der Waals surface area (Å²) in [6.07, 6.45) is 0. The standard InChI is InChI=1S/C20H24N2O3/c1-5-25-18(23)16-8-6-7-9-17(16)22-19(24)21-15-12-10-14(11-13-15)20(2,3)4/h6-13H,5H2,1-4H3,(H2,21,22,24). The van der Waals surface area contributed by atoms with Crippen LogP contribution in [0, 0.1) is 0 Å². The molecule has 2 aromatic rings. The molecule has 0 atom stereocenters. The van der Waals surface area contributed by atoms with E-state index in [0.717, 1.165) is 0 Å². The third-order valence-electron chi connectivity index (χ3n) is 3.68. The molecule has 0 saturated heterocycles. The van der Waals surface area contributed by atoms with Gasteiger partial charge in [-0.25, -0.2) is 9.59 Å². The average molecular weight is 340 g/mol. The maximum absolute atomic E-state index is 12.2. The van der Waals surface area contributed by atoms with E-state index in [0.29, 0.717) is 16.9 Å². The Bertz CT molecular complexity index is 746. The van der Waals surface area contributed by atoms with Crippen LogP contribution in [0.15, 0.2) is 48.5 Å². The zero-order valence-corrected chi connectivity index (χ0v) is 15.1. The van der Waals surface area contributed by atoms with Gasteiger partial charge in [-0.05, 0) is 42.2 Å². The van der Waals surface area contributed by atoms with Crippen LogP contribution < -0.4 is 10.6 Å². The number of para-hydroxylation sites is 1. The molecule has 2 rings (SSSR count). The lowest BCUT2D eigenvalue weighted by atomic mass is 9.87. The summed E-state index contributed by atoms with van der Waals surface area (Å²) in [5.74, 6) is -0.465. The third-order valence-corrected chi connectivity index (χ3v) is 3.68. The van der Waals surface area contributed by atoms with Crippen molar-refractivity contribution in [1.29, 1.82) is 0 Å².